The number of halogens is 3. The lowest BCUT2D eigenvalue weighted by Gasteiger charge is -2.25. The third kappa shape index (κ3) is 4.24. The molecule has 0 bridgehead atoms. The number of ether oxygens (including phenoxy) is 1. The highest BCUT2D eigenvalue weighted by Crippen LogP contribution is 2.40. The Morgan fingerprint density at radius 3 is 2.62 bits per heavy atom. The first-order valence-electron chi connectivity index (χ1n) is 10.3. The van der Waals surface area contributed by atoms with Crippen LogP contribution in [0.15, 0.2) is 79.2 Å². The molecule has 0 spiro atoms. The Kier molecular flexibility index (Phi) is 6.34. The van der Waals surface area contributed by atoms with E-state index >= 15 is 0 Å². The lowest BCUT2D eigenvalue weighted by atomic mass is 9.92. The summed E-state index contributed by atoms with van der Waals surface area (Å²) in [4.78, 5) is 35.4. The molecule has 0 radical (unpaired) electrons. The van der Waals surface area contributed by atoms with Crippen LogP contribution in [0.25, 0.3) is 11.0 Å². The Hall–Kier alpha value is -3.42. The van der Waals surface area contributed by atoms with Crippen LogP contribution in [0.4, 0.5) is 9.18 Å². The number of nitrogens with zero attached hydrogens (tertiary/aromatic N) is 2. The monoisotopic (exact) mass is 499 g/mol. The van der Waals surface area contributed by atoms with Gasteiger partial charge in [0.05, 0.1) is 16.6 Å². The number of fused-ring (bicyclic) bond motifs is 1. The summed E-state index contributed by atoms with van der Waals surface area (Å²) in [7, 11) is 0. The second-order valence-electron chi connectivity index (χ2n) is 7.93. The van der Waals surface area contributed by atoms with Crippen molar-refractivity contribution in [1.29, 1.82) is 0 Å². The highest BCUT2D eigenvalue weighted by Gasteiger charge is 2.58. The second-order valence-corrected chi connectivity index (χ2v) is 8.78. The molecule has 0 aliphatic carbocycles. The molecule has 2 unspecified atom stereocenters. The van der Waals surface area contributed by atoms with Crippen LogP contribution in [0.5, 0.6) is 0 Å². The zero-order valence-electron chi connectivity index (χ0n) is 18.1. The van der Waals surface area contributed by atoms with Gasteiger partial charge in [0.15, 0.2) is 5.82 Å². The molecule has 1 aliphatic rings. The number of hydrogen-bond acceptors (Lipinski definition) is 4. The van der Waals surface area contributed by atoms with Crippen LogP contribution < -0.4 is 0 Å². The second kappa shape index (κ2) is 9.08. The Labute approximate surface area is 205 Å². The predicted molar refractivity (Wildman–Crippen MR) is 129 cm³/mol. The van der Waals surface area contributed by atoms with Gasteiger partial charge >= 0.3 is 6.09 Å². The zero-order chi connectivity index (χ0) is 24.6. The quantitative estimate of drug-likeness (QED) is 0.388. The van der Waals surface area contributed by atoms with Gasteiger partial charge in [-0.3, -0.25) is 4.79 Å². The molecule has 2 aromatic carbocycles. The highest BCUT2D eigenvalue weighted by atomic mass is 35.5. The molecule has 6 nitrogen and oxygen atoms in total. The van der Waals surface area contributed by atoms with Gasteiger partial charge in [-0.05, 0) is 36.3 Å². The first kappa shape index (κ1) is 23.7. The highest BCUT2D eigenvalue weighted by molar-refractivity contribution is 6.38. The minimum absolute atomic E-state index is 0.0242. The Morgan fingerprint density at radius 2 is 1.94 bits per heavy atom. The number of aromatic nitrogens is 2. The standard InChI is InChI=1S/C25H20Cl2FN3O3/c1-14(9-10-15(2)28)16(3)31-23(32)25(34-24(31)33,13-17-7-5-4-6-8-17)22-29-20-12-18(26)11-19(27)21(20)30-22/h4-12,16H,1-2,13H2,3H3,(H,29,30). The average molecular weight is 500 g/mol. The fourth-order valence-electron chi connectivity index (χ4n) is 3.82. The van der Waals surface area contributed by atoms with Crippen molar-refractivity contribution >= 4 is 46.2 Å². The fraction of sp³-hybridized carbons (Fsp3) is 0.160. The number of amides is 2. The summed E-state index contributed by atoms with van der Waals surface area (Å²) in [6, 6.07) is 11.4. The van der Waals surface area contributed by atoms with Crippen molar-refractivity contribution in [3.63, 3.8) is 0 Å². The molecule has 4 rings (SSSR count). The molecule has 1 aromatic heterocycles. The summed E-state index contributed by atoms with van der Waals surface area (Å²) in [6.45, 7) is 8.60. The van der Waals surface area contributed by atoms with Crippen LogP contribution in [-0.2, 0) is 21.6 Å². The van der Waals surface area contributed by atoms with Gasteiger partial charge in [0.2, 0.25) is 0 Å². The predicted octanol–water partition coefficient (Wildman–Crippen LogP) is 6.27. The number of benzene rings is 2. The van der Waals surface area contributed by atoms with Gasteiger partial charge in [0.1, 0.15) is 11.3 Å². The van der Waals surface area contributed by atoms with E-state index in [0.717, 1.165) is 16.5 Å². The topological polar surface area (TPSA) is 75.3 Å². The Balaban J connectivity index is 1.82. The maximum absolute atomic E-state index is 13.9. The van der Waals surface area contributed by atoms with Crippen LogP contribution >= 0.6 is 23.2 Å². The van der Waals surface area contributed by atoms with Crippen molar-refractivity contribution in [1.82, 2.24) is 14.9 Å². The molecule has 1 aliphatic heterocycles. The molecule has 0 saturated carbocycles. The lowest BCUT2D eigenvalue weighted by molar-refractivity contribution is -0.138. The van der Waals surface area contributed by atoms with Gasteiger partial charge in [-0.25, -0.2) is 19.1 Å². The van der Waals surface area contributed by atoms with E-state index in [-0.39, 0.29) is 17.3 Å². The smallest absolute Gasteiger partial charge is 0.418 e. The van der Waals surface area contributed by atoms with E-state index in [4.69, 9.17) is 27.9 Å². The summed E-state index contributed by atoms with van der Waals surface area (Å²) >= 11 is 12.4. The van der Waals surface area contributed by atoms with Crippen LogP contribution in [0.3, 0.4) is 0 Å². The van der Waals surface area contributed by atoms with Crippen LogP contribution in [-0.4, -0.2) is 32.9 Å². The third-order valence-electron chi connectivity index (χ3n) is 5.61. The van der Waals surface area contributed by atoms with Crippen molar-refractivity contribution in [3.05, 3.63) is 101 Å². The van der Waals surface area contributed by atoms with Gasteiger partial charge in [0.25, 0.3) is 11.5 Å². The molecule has 3 aromatic rings. The van der Waals surface area contributed by atoms with E-state index in [1.54, 1.807) is 13.0 Å². The van der Waals surface area contributed by atoms with Crippen LogP contribution in [0.1, 0.15) is 18.3 Å². The lowest BCUT2D eigenvalue weighted by Crippen LogP contribution is -2.45. The van der Waals surface area contributed by atoms with Crippen molar-refractivity contribution in [2.24, 2.45) is 0 Å². The molecule has 9 heteroatoms. The average Bonchev–Trinajstić information content (AvgIpc) is 3.32. The number of carbonyl (C=O) groups excluding carboxylic acids is 2. The van der Waals surface area contributed by atoms with Crippen molar-refractivity contribution in [2.75, 3.05) is 0 Å². The number of carbonyl (C=O) groups is 2. The summed E-state index contributed by atoms with van der Waals surface area (Å²) in [5.41, 5.74) is 0.158. The number of imide groups is 1. The number of imidazole rings is 1. The minimum atomic E-state index is -1.78. The molecular formula is C25H20Cl2FN3O3. The van der Waals surface area contributed by atoms with E-state index in [0.29, 0.717) is 21.6 Å². The molecule has 2 atom stereocenters. The van der Waals surface area contributed by atoms with Crippen molar-refractivity contribution < 1.29 is 18.7 Å². The molecule has 2 amide bonds. The van der Waals surface area contributed by atoms with E-state index < -0.39 is 29.5 Å². The van der Waals surface area contributed by atoms with Crippen molar-refractivity contribution in [2.45, 2.75) is 25.0 Å². The largest absolute Gasteiger partial charge is 0.424 e. The number of rotatable bonds is 7. The first-order chi connectivity index (χ1) is 16.1. The molecule has 1 fully saturated rings. The molecule has 1 N–H and O–H groups in total. The summed E-state index contributed by atoms with van der Waals surface area (Å²) in [5, 5.41) is 0.666. The summed E-state index contributed by atoms with van der Waals surface area (Å²) in [5.74, 6) is -1.20. The molecule has 174 valence electrons. The SMILES string of the molecule is C=C(F)C=CC(=C)C(C)N1C(=O)OC(Cc2ccccc2)(c2nc3c(Cl)cc(Cl)cc3[nH]2)C1=O. The Bertz CT molecular complexity index is 1350. The number of nitrogens with one attached hydrogen (secondary N) is 1. The van der Waals surface area contributed by atoms with Crippen LogP contribution in [0, 0.1) is 0 Å². The number of cyclic esters (lactones) is 1. The fourth-order valence-corrected chi connectivity index (χ4v) is 4.35. The van der Waals surface area contributed by atoms with E-state index in [1.165, 1.54) is 12.1 Å². The normalized spacial score (nSPS) is 19.1. The molecular weight excluding hydrogens is 480 g/mol. The Morgan fingerprint density at radius 1 is 1.24 bits per heavy atom. The van der Waals surface area contributed by atoms with E-state index in [2.05, 4.69) is 23.1 Å². The number of H-pyrrole nitrogens is 1. The minimum Gasteiger partial charge on any atom is -0.424 e. The number of hydrogen-bond donors (Lipinski definition) is 1. The number of allylic oxidation sites excluding steroid dienone is 2. The maximum Gasteiger partial charge on any atom is 0.418 e. The van der Waals surface area contributed by atoms with E-state index in [9.17, 15) is 14.0 Å². The molecule has 1 saturated heterocycles. The molecule has 2 heterocycles. The van der Waals surface area contributed by atoms with Gasteiger partial charge in [0, 0.05) is 11.4 Å². The zero-order valence-corrected chi connectivity index (χ0v) is 19.7. The van der Waals surface area contributed by atoms with Gasteiger partial charge in [-0.15, -0.1) is 0 Å². The number of aromatic amines is 1. The van der Waals surface area contributed by atoms with Gasteiger partial charge in [-0.1, -0.05) is 72.8 Å². The summed E-state index contributed by atoms with van der Waals surface area (Å²) in [6.07, 6.45) is 1.61. The van der Waals surface area contributed by atoms with Crippen LogP contribution in [0.2, 0.25) is 10.0 Å². The van der Waals surface area contributed by atoms with Crippen molar-refractivity contribution in [3.8, 4) is 0 Å². The third-order valence-corrected chi connectivity index (χ3v) is 6.11. The van der Waals surface area contributed by atoms with Gasteiger partial charge in [-0.2, -0.15) is 0 Å². The van der Waals surface area contributed by atoms with Gasteiger partial charge < -0.3 is 9.72 Å². The van der Waals surface area contributed by atoms with E-state index in [1.807, 2.05) is 30.3 Å². The summed E-state index contributed by atoms with van der Waals surface area (Å²) < 4.78 is 18.8. The molecule has 34 heavy (non-hydrogen) atoms. The maximum atomic E-state index is 13.9. The first-order valence-corrected chi connectivity index (χ1v) is 11.0.